The Kier molecular flexibility index (Phi) is 1.94. The zero-order valence-electron chi connectivity index (χ0n) is 6.92. The lowest BCUT2D eigenvalue weighted by molar-refractivity contribution is 0.142. The van der Waals surface area contributed by atoms with Crippen LogP contribution in [0.15, 0.2) is 23.5 Å². The molecule has 0 bridgehead atoms. The van der Waals surface area contributed by atoms with Crippen molar-refractivity contribution in [2.45, 2.75) is 6.10 Å². The molecule has 1 fully saturated rings. The van der Waals surface area contributed by atoms with Crippen molar-refractivity contribution in [1.29, 1.82) is 0 Å². The number of aliphatic hydroxyl groups is 1. The van der Waals surface area contributed by atoms with Crippen molar-refractivity contribution in [2.75, 3.05) is 18.0 Å². The van der Waals surface area contributed by atoms with Gasteiger partial charge in [-0.3, -0.25) is 0 Å². The van der Waals surface area contributed by atoms with E-state index in [-0.39, 0.29) is 11.9 Å². The molecule has 1 aliphatic rings. The van der Waals surface area contributed by atoms with Gasteiger partial charge in [0.05, 0.1) is 18.0 Å². The summed E-state index contributed by atoms with van der Waals surface area (Å²) in [7, 11) is 0. The second-order valence-electron chi connectivity index (χ2n) is 3.02. The van der Waals surface area contributed by atoms with Crippen LogP contribution in [0.4, 0.5) is 11.5 Å². The summed E-state index contributed by atoms with van der Waals surface area (Å²) in [6.07, 6.45) is 1.35. The van der Waals surface area contributed by atoms with Crippen molar-refractivity contribution in [2.24, 2.45) is 5.18 Å². The predicted molar refractivity (Wildman–Crippen MR) is 47.9 cm³/mol. The number of pyridine rings is 1. The average Bonchev–Trinajstić information content (AvgIpc) is 2.13. The van der Waals surface area contributed by atoms with Crippen molar-refractivity contribution in [3.8, 4) is 0 Å². The molecule has 1 N–H and O–H groups in total. The fourth-order valence-electron chi connectivity index (χ4n) is 1.29. The van der Waals surface area contributed by atoms with Crippen LogP contribution in [0.25, 0.3) is 0 Å². The largest absolute Gasteiger partial charge is 0.389 e. The Bertz CT molecular complexity index is 306. The van der Waals surface area contributed by atoms with Crippen LogP contribution in [0.1, 0.15) is 0 Å². The number of β-amino-alcohol motifs (C(OH)–C–C–N with tert-alkyl or cyclic N) is 1. The zero-order valence-corrected chi connectivity index (χ0v) is 6.92. The van der Waals surface area contributed by atoms with E-state index in [9.17, 15) is 4.91 Å². The van der Waals surface area contributed by atoms with E-state index in [1.807, 2.05) is 4.90 Å². The summed E-state index contributed by atoms with van der Waals surface area (Å²) < 4.78 is 0. The maximum atomic E-state index is 10.1. The summed E-state index contributed by atoms with van der Waals surface area (Å²) in [6, 6.07) is 3.34. The molecule has 0 aromatic carbocycles. The minimum atomic E-state index is -0.233. The number of anilines is 1. The van der Waals surface area contributed by atoms with Gasteiger partial charge < -0.3 is 10.0 Å². The molecule has 0 radical (unpaired) electrons. The van der Waals surface area contributed by atoms with E-state index in [1.54, 1.807) is 18.3 Å². The van der Waals surface area contributed by atoms with Gasteiger partial charge in [0, 0.05) is 13.1 Å². The minimum Gasteiger partial charge on any atom is -0.389 e. The SMILES string of the molecule is O=Nc1ccc(N2CC(O)C2)cn1. The van der Waals surface area contributed by atoms with Crippen molar-refractivity contribution in [3.63, 3.8) is 0 Å². The van der Waals surface area contributed by atoms with Gasteiger partial charge in [-0.05, 0) is 17.3 Å². The van der Waals surface area contributed by atoms with Gasteiger partial charge in [-0.2, -0.15) is 0 Å². The molecule has 1 aliphatic heterocycles. The summed E-state index contributed by atoms with van der Waals surface area (Å²) in [5.74, 6) is 0.185. The van der Waals surface area contributed by atoms with E-state index >= 15 is 0 Å². The Morgan fingerprint density at radius 1 is 1.54 bits per heavy atom. The Balaban J connectivity index is 2.10. The van der Waals surface area contributed by atoms with Crippen molar-refractivity contribution in [3.05, 3.63) is 23.2 Å². The molecule has 2 rings (SSSR count). The highest BCUT2D eigenvalue weighted by atomic mass is 16.3. The van der Waals surface area contributed by atoms with Crippen LogP contribution >= 0.6 is 0 Å². The third kappa shape index (κ3) is 1.50. The number of hydrogen-bond acceptors (Lipinski definition) is 5. The molecule has 1 aromatic rings. The highest BCUT2D eigenvalue weighted by molar-refractivity contribution is 5.50. The van der Waals surface area contributed by atoms with Crippen LogP contribution in [-0.2, 0) is 0 Å². The van der Waals surface area contributed by atoms with E-state index in [2.05, 4.69) is 10.2 Å². The lowest BCUT2D eigenvalue weighted by Crippen LogP contribution is -2.50. The summed E-state index contributed by atoms with van der Waals surface area (Å²) in [5, 5.41) is 11.8. The first-order valence-corrected chi connectivity index (χ1v) is 4.02. The molecule has 0 spiro atoms. The molecule has 0 atom stereocenters. The lowest BCUT2D eigenvalue weighted by Gasteiger charge is -2.37. The molecule has 5 heteroatoms. The molecule has 5 nitrogen and oxygen atoms in total. The van der Waals surface area contributed by atoms with Crippen LogP contribution in [-0.4, -0.2) is 29.3 Å². The number of nitroso groups, excluding NO2 is 1. The number of aromatic nitrogens is 1. The summed E-state index contributed by atoms with van der Waals surface area (Å²) in [6.45, 7) is 1.27. The number of rotatable bonds is 2. The molecule has 1 saturated heterocycles. The predicted octanol–water partition coefficient (Wildman–Crippen LogP) is 0.660. The van der Waals surface area contributed by atoms with Crippen molar-refractivity contribution in [1.82, 2.24) is 4.98 Å². The second-order valence-corrected chi connectivity index (χ2v) is 3.02. The molecule has 1 aromatic heterocycles. The Hall–Kier alpha value is -1.49. The Morgan fingerprint density at radius 2 is 2.31 bits per heavy atom. The van der Waals surface area contributed by atoms with Crippen LogP contribution in [0.3, 0.4) is 0 Å². The maximum Gasteiger partial charge on any atom is 0.196 e. The third-order valence-corrected chi connectivity index (χ3v) is 2.05. The van der Waals surface area contributed by atoms with Crippen molar-refractivity contribution >= 4 is 11.5 Å². The number of aliphatic hydroxyl groups excluding tert-OH is 1. The zero-order chi connectivity index (χ0) is 9.26. The van der Waals surface area contributed by atoms with Gasteiger partial charge in [0.15, 0.2) is 5.82 Å². The first-order valence-electron chi connectivity index (χ1n) is 4.02. The molecule has 0 aliphatic carbocycles. The van der Waals surface area contributed by atoms with Crippen LogP contribution in [0.2, 0.25) is 0 Å². The van der Waals surface area contributed by atoms with Gasteiger partial charge in [-0.25, -0.2) is 4.98 Å². The third-order valence-electron chi connectivity index (χ3n) is 2.05. The highest BCUT2D eigenvalue weighted by Gasteiger charge is 2.24. The van der Waals surface area contributed by atoms with E-state index in [0.29, 0.717) is 13.1 Å². The fourth-order valence-corrected chi connectivity index (χ4v) is 1.29. The molecule has 0 amide bonds. The van der Waals surface area contributed by atoms with E-state index in [4.69, 9.17) is 5.11 Å². The highest BCUT2D eigenvalue weighted by Crippen LogP contribution is 2.21. The monoisotopic (exact) mass is 179 g/mol. The first-order chi connectivity index (χ1) is 6.29. The second kappa shape index (κ2) is 3.10. The maximum absolute atomic E-state index is 10.1. The average molecular weight is 179 g/mol. The van der Waals surface area contributed by atoms with Crippen molar-refractivity contribution < 1.29 is 5.11 Å². The Labute approximate surface area is 75.0 Å². The molecule has 2 heterocycles. The van der Waals surface area contributed by atoms with Gasteiger partial charge >= 0.3 is 0 Å². The topological polar surface area (TPSA) is 65.8 Å². The van der Waals surface area contributed by atoms with Gasteiger partial charge in [0.2, 0.25) is 0 Å². The smallest absolute Gasteiger partial charge is 0.196 e. The Morgan fingerprint density at radius 3 is 2.77 bits per heavy atom. The van der Waals surface area contributed by atoms with E-state index in [1.165, 1.54) is 0 Å². The lowest BCUT2D eigenvalue weighted by atomic mass is 10.1. The molecular formula is C8H9N3O2. The van der Waals surface area contributed by atoms with Crippen LogP contribution in [0, 0.1) is 4.91 Å². The fraction of sp³-hybridized carbons (Fsp3) is 0.375. The summed E-state index contributed by atoms with van der Waals surface area (Å²) in [5.41, 5.74) is 0.915. The van der Waals surface area contributed by atoms with Gasteiger partial charge in [0.25, 0.3) is 0 Å². The summed E-state index contributed by atoms with van der Waals surface area (Å²) >= 11 is 0. The van der Waals surface area contributed by atoms with Gasteiger partial charge in [-0.1, -0.05) is 0 Å². The molecular weight excluding hydrogens is 170 g/mol. The molecule has 68 valence electrons. The first kappa shape index (κ1) is 8.12. The van der Waals surface area contributed by atoms with Crippen LogP contribution < -0.4 is 4.90 Å². The van der Waals surface area contributed by atoms with Gasteiger partial charge in [0.1, 0.15) is 0 Å². The van der Waals surface area contributed by atoms with Crippen LogP contribution in [0.5, 0.6) is 0 Å². The van der Waals surface area contributed by atoms with E-state index < -0.39 is 0 Å². The number of hydrogen-bond donors (Lipinski definition) is 1. The number of nitrogens with zero attached hydrogens (tertiary/aromatic N) is 3. The molecule has 0 unspecified atom stereocenters. The molecule has 13 heavy (non-hydrogen) atoms. The van der Waals surface area contributed by atoms with E-state index in [0.717, 1.165) is 5.69 Å². The molecule has 0 saturated carbocycles. The quantitative estimate of drug-likeness (QED) is 0.677. The van der Waals surface area contributed by atoms with Gasteiger partial charge in [-0.15, -0.1) is 4.91 Å². The normalized spacial score (nSPS) is 16.8. The summed E-state index contributed by atoms with van der Waals surface area (Å²) in [4.78, 5) is 15.9. The standard InChI is InChI=1S/C8H9N3O2/c12-7-4-11(5-7)6-1-2-8(10-13)9-3-6/h1-3,7,12H,4-5H2. The minimum absolute atomic E-state index is 0.185.